The van der Waals surface area contributed by atoms with Crippen molar-refractivity contribution < 1.29 is 4.79 Å². The van der Waals surface area contributed by atoms with Crippen LogP contribution in [-0.2, 0) is 0 Å². The van der Waals surface area contributed by atoms with Crippen LogP contribution in [0.1, 0.15) is 36.0 Å². The van der Waals surface area contributed by atoms with Crippen molar-refractivity contribution in [3.63, 3.8) is 0 Å². The fourth-order valence-electron chi connectivity index (χ4n) is 2.38. The van der Waals surface area contributed by atoms with Gasteiger partial charge in [-0.3, -0.25) is 4.79 Å². The summed E-state index contributed by atoms with van der Waals surface area (Å²) in [7, 11) is 0. The lowest BCUT2D eigenvalue weighted by atomic mass is 10.1. The van der Waals surface area contributed by atoms with Gasteiger partial charge in [0.05, 0.1) is 17.4 Å². The van der Waals surface area contributed by atoms with E-state index in [0.717, 1.165) is 0 Å². The summed E-state index contributed by atoms with van der Waals surface area (Å²) in [6.45, 7) is 0. The third-order valence-corrected chi connectivity index (χ3v) is 3.96. The van der Waals surface area contributed by atoms with E-state index in [0.29, 0.717) is 29.1 Å². The van der Waals surface area contributed by atoms with Crippen LogP contribution < -0.4 is 11.1 Å². The number of hydrogen-bond donors (Lipinski definition) is 2. The molecule has 2 fully saturated rings. The Morgan fingerprint density at radius 1 is 1.39 bits per heavy atom. The Balaban J connectivity index is 1.75. The number of carbonyl (C=O) groups is 1. The minimum Gasteiger partial charge on any atom is -0.397 e. The first-order valence-corrected chi connectivity index (χ1v) is 6.75. The van der Waals surface area contributed by atoms with E-state index >= 15 is 0 Å². The highest BCUT2D eigenvalue weighted by Gasteiger charge is 2.42. The number of pyridine rings is 1. The second kappa shape index (κ2) is 4.43. The smallest absolute Gasteiger partial charge is 0.254 e. The van der Waals surface area contributed by atoms with Gasteiger partial charge in [-0.1, -0.05) is 11.6 Å². The van der Waals surface area contributed by atoms with E-state index in [1.165, 1.54) is 31.9 Å². The SMILES string of the molecule is Nc1cnc(Cl)c(C(=O)NC(C2CC2)C2CC2)c1. The summed E-state index contributed by atoms with van der Waals surface area (Å²) in [5, 5.41) is 3.32. The van der Waals surface area contributed by atoms with Crippen LogP contribution in [0.25, 0.3) is 0 Å². The third-order valence-electron chi connectivity index (χ3n) is 3.66. The molecular weight excluding hydrogens is 250 g/mol. The number of carbonyl (C=O) groups excluding carboxylic acids is 1. The fourth-order valence-corrected chi connectivity index (χ4v) is 2.57. The van der Waals surface area contributed by atoms with Gasteiger partial charge >= 0.3 is 0 Å². The average molecular weight is 266 g/mol. The molecule has 0 saturated heterocycles. The molecule has 1 aromatic rings. The molecule has 1 aromatic heterocycles. The minimum atomic E-state index is -0.149. The Labute approximate surface area is 111 Å². The molecule has 4 nitrogen and oxygen atoms in total. The molecule has 5 heteroatoms. The number of nitrogens with one attached hydrogen (secondary N) is 1. The summed E-state index contributed by atoms with van der Waals surface area (Å²) in [6, 6.07) is 1.90. The normalized spacial score (nSPS) is 19.0. The van der Waals surface area contributed by atoms with Gasteiger partial charge in [0.2, 0.25) is 0 Å². The number of aromatic nitrogens is 1. The highest BCUT2D eigenvalue weighted by atomic mass is 35.5. The first-order chi connectivity index (χ1) is 8.65. The fraction of sp³-hybridized carbons (Fsp3) is 0.538. The molecule has 2 saturated carbocycles. The molecule has 3 rings (SSSR count). The summed E-state index contributed by atoms with van der Waals surface area (Å²) in [5.41, 5.74) is 6.47. The number of amides is 1. The van der Waals surface area contributed by atoms with Crippen LogP contribution in [-0.4, -0.2) is 16.9 Å². The quantitative estimate of drug-likeness (QED) is 0.821. The molecule has 1 heterocycles. The first-order valence-electron chi connectivity index (χ1n) is 6.37. The molecular formula is C13H16ClN3O. The predicted molar refractivity (Wildman–Crippen MR) is 70.4 cm³/mol. The first kappa shape index (κ1) is 11.8. The number of rotatable bonds is 4. The Bertz CT molecular complexity index is 471. The molecule has 96 valence electrons. The van der Waals surface area contributed by atoms with E-state index in [4.69, 9.17) is 17.3 Å². The van der Waals surface area contributed by atoms with Gasteiger partial charge in [-0.2, -0.15) is 0 Å². The molecule has 0 spiro atoms. The Morgan fingerprint density at radius 2 is 2.00 bits per heavy atom. The van der Waals surface area contributed by atoms with Crippen LogP contribution in [0.2, 0.25) is 5.15 Å². The van der Waals surface area contributed by atoms with Crippen molar-refractivity contribution in [3.8, 4) is 0 Å². The average Bonchev–Trinajstić information content (AvgIpc) is 3.21. The van der Waals surface area contributed by atoms with Gasteiger partial charge in [0, 0.05) is 6.04 Å². The van der Waals surface area contributed by atoms with Gasteiger partial charge in [-0.15, -0.1) is 0 Å². The number of nitrogen functional groups attached to an aromatic ring is 1. The zero-order valence-electron chi connectivity index (χ0n) is 10.0. The molecule has 2 aliphatic carbocycles. The predicted octanol–water partition coefficient (Wildman–Crippen LogP) is 2.24. The number of halogens is 1. The zero-order chi connectivity index (χ0) is 12.7. The zero-order valence-corrected chi connectivity index (χ0v) is 10.8. The summed E-state index contributed by atoms with van der Waals surface area (Å²) in [5.74, 6) is 1.17. The van der Waals surface area contributed by atoms with Crippen LogP contribution >= 0.6 is 11.6 Å². The van der Waals surface area contributed by atoms with Crippen molar-refractivity contribution in [2.75, 3.05) is 5.73 Å². The monoisotopic (exact) mass is 265 g/mol. The van der Waals surface area contributed by atoms with E-state index < -0.39 is 0 Å². The molecule has 1 amide bonds. The van der Waals surface area contributed by atoms with Crippen molar-refractivity contribution in [1.82, 2.24) is 10.3 Å². The van der Waals surface area contributed by atoms with Crippen molar-refractivity contribution in [1.29, 1.82) is 0 Å². The van der Waals surface area contributed by atoms with Gasteiger partial charge in [-0.05, 0) is 43.6 Å². The van der Waals surface area contributed by atoms with Crippen LogP contribution in [0.4, 0.5) is 5.69 Å². The van der Waals surface area contributed by atoms with Crippen LogP contribution in [0.5, 0.6) is 0 Å². The summed E-state index contributed by atoms with van der Waals surface area (Å²) < 4.78 is 0. The lowest BCUT2D eigenvalue weighted by Gasteiger charge is -2.18. The van der Waals surface area contributed by atoms with Gasteiger partial charge in [0.15, 0.2) is 0 Å². The van der Waals surface area contributed by atoms with Gasteiger partial charge < -0.3 is 11.1 Å². The molecule has 0 unspecified atom stereocenters. The van der Waals surface area contributed by atoms with Gasteiger partial charge in [0.25, 0.3) is 5.91 Å². The second-order valence-corrected chi connectivity index (χ2v) is 5.64. The van der Waals surface area contributed by atoms with Crippen LogP contribution in [0, 0.1) is 11.8 Å². The van der Waals surface area contributed by atoms with Gasteiger partial charge in [-0.25, -0.2) is 4.98 Å². The summed E-state index contributed by atoms with van der Waals surface area (Å²) in [6.07, 6.45) is 6.36. The highest BCUT2D eigenvalue weighted by molar-refractivity contribution is 6.32. The number of nitrogens with two attached hydrogens (primary N) is 1. The number of nitrogens with zero attached hydrogens (tertiary/aromatic N) is 1. The van der Waals surface area contributed by atoms with E-state index in [1.807, 2.05) is 0 Å². The maximum absolute atomic E-state index is 12.2. The highest BCUT2D eigenvalue weighted by Crippen LogP contribution is 2.44. The summed E-state index contributed by atoms with van der Waals surface area (Å²) in [4.78, 5) is 16.1. The van der Waals surface area contributed by atoms with E-state index in [9.17, 15) is 4.79 Å². The van der Waals surface area contributed by atoms with E-state index in [-0.39, 0.29) is 11.1 Å². The summed E-state index contributed by atoms with van der Waals surface area (Å²) >= 11 is 5.94. The Hall–Kier alpha value is -1.29. The molecule has 0 aromatic carbocycles. The lowest BCUT2D eigenvalue weighted by Crippen LogP contribution is -2.38. The largest absolute Gasteiger partial charge is 0.397 e. The maximum atomic E-state index is 12.2. The Kier molecular flexibility index (Phi) is 2.90. The van der Waals surface area contributed by atoms with Crippen LogP contribution in [0.15, 0.2) is 12.3 Å². The maximum Gasteiger partial charge on any atom is 0.254 e. The van der Waals surface area contributed by atoms with E-state index in [1.54, 1.807) is 6.07 Å². The topological polar surface area (TPSA) is 68.0 Å². The second-order valence-electron chi connectivity index (χ2n) is 5.28. The van der Waals surface area contributed by atoms with Gasteiger partial charge in [0.1, 0.15) is 5.15 Å². The molecule has 18 heavy (non-hydrogen) atoms. The van der Waals surface area contributed by atoms with E-state index in [2.05, 4.69) is 10.3 Å². The molecule has 2 aliphatic rings. The lowest BCUT2D eigenvalue weighted by molar-refractivity contribution is 0.0926. The molecule has 0 atom stereocenters. The van der Waals surface area contributed by atoms with Crippen molar-refractivity contribution in [3.05, 3.63) is 23.0 Å². The minimum absolute atomic E-state index is 0.149. The third kappa shape index (κ3) is 2.43. The Morgan fingerprint density at radius 3 is 2.56 bits per heavy atom. The molecule has 0 radical (unpaired) electrons. The van der Waals surface area contributed by atoms with Crippen molar-refractivity contribution >= 4 is 23.2 Å². The van der Waals surface area contributed by atoms with Crippen molar-refractivity contribution in [2.24, 2.45) is 11.8 Å². The van der Waals surface area contributed by atoms with Crippen LogP contribution in [0.3, 0.4) is 0 Å². The molecule has 0 aliphatic heterocycles. The number of anilines is 1. The molecule has 0 bridgehead atoms. The molecule has 3 N–H and O–H groups in total. The standard InChI is InChI=1S/C13H16ClN3O/c14-12-10(5-9(15)6-16-12)13(18)17-11(7-1-2-7)8-3-4-8/h5-8,11H,1-4,15H2,(H,17,18). The number of hydrogen-bond acceptors (Lipinski definition) is 3. The van der Waals surface area contributed by atoms with Crippen molar-refractivity contribution in [2.45, 2.75) is 31.7 Å².